The van der Waals surface area contributed by atoms with Gasteiger partial charge in [-0.2, -0.15) is 0 Å². The van der Waals surface area contributed by atoms with Crippen LogP contribution in [0.2, 0.25) is 0 Å². The van der Waals surface area contributed by atoms with E-state index in [4.69, 9.17) is 51.4 Å². The maximum absolute atomic E-state index is 11.7. The molecule has 23 heteroatoms. The first kappa shape index (κ1) is 53.0. The molecule has 0 bridgehead atoms. The molecule has 4 rings (SSSR count). The number of nitrogens with zero attached hydrogens (tertiary/aromatic N) is 2. The Balaban J connectivity index is -0.000000673. The van der Waals surface area contributed by atoms with Crippen molar-refractivity contribution in [2.45, 2.75) is 19.2 Å². The summed E-state index contributed by atoms with van der Waals surface area (Å²) in [6.07, 6.45) is 2.82. The van der Waals surface area contributed by atoms with E-state index < -0.39 is 34.4 Å². The van der Waals surface area contributed by atoms with E-state index >= 15 is 0 Å². The van der Waals surface area contributed by atoms with Crippen LogP contribution in [0.3, 0.4) is 0 Å². The number of nitrogens with one attached hydrogen (secondary N) is 2. The first-order valence-corrected chi connectivity index (χ1v) is 17.3. The zero-order chi connectivity index (χ0) is 37.2. The Kier molecular flexibility index (Phi) is 31.4. The molecule has 0 saturated carbocycles. The minimum absolute atomic E-state index is 0. The number of halogens is 2. The van der Waals surface area contributed by atoms with Gasteiger partial charge in [0.15, 0.2) is 0 Å². The maximum Gasteiger partial charge on any atom is 2.00 e. The van der Waals surface area contributed by atoms with Gasteiger partial charge in [0.25, 0.3) is 0 Å². The van der Waals surface area contributed by atoms with E-state index in [0.29, 0.717) is 26.2 Å². The van der Waals surface area contributed by atoms with Crippen molar-refractivity contribution in [1.29, 1.82) is 0 Å². The maximum atomic E-state index is 11.7. The number of phosphoric acid groups is 1. The minimum Gasteiger partial charge on any atom is -0.850 e. The van der Waals surface area contributed by atoms with Gasteiger partial charge in [0, 0.05) is 32.6 Å². The summed E-state index contributed by atoms with van der Waals surface area (Å²) in [5, 5.41) is 25.0. The molecule has 290 valence electrons. The predicted molar refractivity (Wildman–Crippen MR) is 146 cm³/mol. The third kappa shape index (κ3) is 37.2. The van der Waals surface area contributed by atoms with Crippen LogP contribution in [0.15, 0.2) is 109 Å². The molecule has 0 unspecified atom stereocenters. The monoisotopic (exact) mass is 876 g/mol. The second-order valence-electron chi connectivity index (χ2n) is 8.54. The largest absolute Gasteiger partial charge is 2.00 e. The zero-order valence-corrected chi connectivity index (χ0v) is 30.5. The van der Waals surface area contributed by atoms with Crippen LogP contribution in [-0.4, -0.2) is 41.4 Å². The van der Waals surface area contributed by atoms with Crippen LogP contribution >= 0.6 is 7.82 Å². The van der Waals surface area contributed by atoms with Crippen LogP contribution in [0.1, 0.15) is 11.4 Å². The Morgan fingerprint density at radius 3 is 1.20 bits per heavy atom. The van der Waals surface area contributed by atoms with Crippen LogP contribution in [0, 0.1) is 20.5 Å². The Morgan fingerprint density at radius 1 is 0.627 bits per heavy atom. The zero-order valence-electron chi connectivity index (χ0n) is 26.3. The Hall–Kier alpha value is -2.33. The molecule has 51 heavy (non-hydrogen) atoms. The molecule has 2 radical (unpaired) electrons. The smallest absolute Gasteiger partial charge is 0.850 e. The van der Waals surface area contributed by atoms with Gasteiger partial charge in [-0.15, -0.1) is 26.6 Å². The summed E-state index contributed by atoms with van der Waals surface area (Å²) >= 11 is 0. The molecule has 4 aromatic rings. The topological polar surface area (TPSA) is 336 Å². The second-order valence-corrected chi connectivity index (χ2v) is 11.3. The van der Waals surface area contributed by atoms with Gasteiger partial charge in [-0.25, -0.2) is 41.8 Å². The summed E-state index contributed by atoms with van der Waals surface area (Å²) in [4.78, 5) is 19.9. The fourth-order valence-corrected chi connectivity index (χ4v) is 3.84. The van der Waals surface area contributed by atoms with Crippen molar-refractivity contribution in [2.24, 2.45) is 0 Å². The fourth-order valence-electron chi connectivity index (χ4n) is 3.04. The Labute approximate surface area is 319 Å². The SMILES string of the molecule is CO.O=P([O-])(Oc1ccccc1)Oc1ccccc1.[Cu+2].[Cu+2].[O-]C(CNCc1ccccn1)CNCc1ccccn1.[O-][Cl+3]([O-])([O-])[O-].[O-][Cl+3]([O-])([O-])[O-]. The standard InChI is InChI=1S/C15H19N4O.C12H11O4P.CH4O.2ClHO4.2Cu/c20-15(11-16-9-13-5-1-3-7-18-13)12-17-10-14-6-2-4-8-19-14;13-17(14,15-11-7-3-1-4-8-11)16-12-9-5-2-6-10-12;1-2;2*2-1(3,4)5;;/h1-8,15-17H,9-12H2;1-10H,(H,13,14);2H,1H3;2*(H,2,3,4,5);;/q-1;;;;;2*+2/p-3. The fraction of sp³-hybridized carbons (Fsp3) is 0.214. The molecule has 0 aliphatic rings. The van der Waals surface area contributed by atoms with Gasteiger partial charge < -0.3 is 34.8 Å². The average Bonchev–Trinajstić information content (AvgIpc) is 3.02. The number of hydrogen-bond donors (Lipinski definition) is 3. The number of hydrogen-bond acceptors (Lipinski definition) is 18. The number of aromatic nitrogens is 2. The Bertz CT molecular complexity index is 1290. The molecule has 0 amide bonds. The summed E-state index contributed by atoms with van der Waals surface area (Å²) in [6, 6.07) is 27.9. The molecule has 0 aliphatic heterocycles. The number of pyridine rings is 2. The molecule has 0 aliphatic carbocycles. The van der Waals surface area contributed by atoms with E-state index in [1.54, 1.807) is 73.1 Å². The van der Waals surface area contributed by atoms with Crippen LogP contribution in [0.25, 0.3) is 0 Å². The number of phosphoric ester groups is 1. The number of aliphatic hydroxyl groups is 1. The first-order chi connectivity index (χ1) is 23.0. The first-order valence-electron chi connectivity index (χ1n) is 13.4. The molecular weight excluding hydrogens is 845 g/mol. The van der Waals surface area contributed by atoms with Crippen molar-refractivity contribution in [3.63, 3.8) is 0 Å². The third-order valence-electron chi connectivity index (χ3n) is 4.73. The van der Waals surface area contributed by atoms with E-state index in [-0.39, 0.29) is 45.6 Å². The van der Waals surface area contributed by atoms with Crippen molar-refractivity contribution in [2.75, 3.05) is 20.2 Å². The van der Waals surface area contributed by atoms with Crippen molar-refractivity contribution in [3.8, 4) is 11.5 Å². The molecule has 0 atom stereocenters. The van der Waals surface area contributed by atoms with E-state index in [2.05, 4.69) is 20.6 Å². The van der Waals surface area contributed by atoms with Gasteiger partial charge in [-0.3, -0.25) is 9.97 Å². The van der Waals surface area contributed by atoms with Crippen molar-refractivity contribution in [3.05, 3.63) is 121 Å². The summed E-state index contributed by atoms with van der Waals surface area (Å²) in [7, 11) is -13.3. The van der Waals surface area contributed by atoms with Crippen LogP contribution < -0.4 is 67.0 Å². The predicted octanol–water partition coefficient (Wildman–Crippen LogP) is -7.21. The van der Waals surface area contributed by atoms with Crippen molar-refractivity contribution in [1.82, 2.24) is 20.6 Å². The summed E-state index contributed by atoms with van der Waals surface area (Å²) in [5.41, 5.74) is 1.89. The molecule has 3 N–H and O–H groups in total. The van der Waals surface area contributed by atoms with Crippen molar-refractivity contribution >= 4 is 7.82 Å². The van der Waals surface area contributed by atoms with E-state index in [0.717, 1.165) is 18.5 Å². The molecule has 2 aromatic carbocycles. The van der Waals surface area contributed by atoms with Crippen LogP contribution in [0.4, 0.5) is 0 Å². The van der Waals surface area contributed by atoms with Crippen LogP contribution in [0.5, 0.6) is 11.5 Å². The van der Waals surface area contributed by atoms with E-state index in [9.17, 15) is 14.6 Å². The number of aliphatic hydroxyl groups excluding tert-OH is 1. The summed E-state index contributed by atoms with van der Waals surface area (Å²) in [6.45, 7) is 2.09. The molecule has 0 saturated heterocycles. The van der Waals surface area contributed by atoms with E-state index in [1.165, 1.54) is 0 Å². The Morgan fingerprint density at radius 2 is 0.922 bits per heavy atom. The van der Waals surface area contributed by atoms with E-state index in [1.807, 2.05) is 36.4 Å². The number of benzene rings is 2. The van der Waals surface area contributed by atoms with Gasteiger partial charge >= 0.3 is 42.0 Å². The van der Waals surface area contributed by atoms with Gasteiger partial charge in [0.2, 0.25) is 0 Å². The number of rotatable bonds is 12. The van der Waals surface area contributed by atoms with Gasteiger partial charge in [0.1, 0.15) is 11.5 Å². The summed E-state index contributed by atoms with van der Waals surface area (Å²) < 4.78 is 89.1. The van der Waals surface area contributed by atoms with Gasteiger partial charge in [-0.05, 0) is 61.6 Å². The van der Waals surface area contributed by atoms with Gasteiger partial charge in [-0.1, -0.05) is 48.5 Å². The van der Waals surface area contributed by atoms with Crippen molar-refractivity contribution < 1.29 is 121 Å². The average molecular weight is 879 g/mol. The van der Waals surface area contributed by atoms with Crippen LogP contribution in [-0.2, 0) is 51.8 Å². The quantitative estimate of drug-likeness (QED) is 0.0879. The number of para-hydroxylation sites is 2. The normalized spacial score (nSPS) is 10.4. The van der Waals surface area contributed by atoms with Gasteiger partial charge in [0.05, 0.1) is 11.4 Å². The second kappa shape index (κ2) is 30.2. The molecule has 18 nitrogen and oxygen atoms in total. The third-order valence-corrected chi connectivity index (χ3v) is 5.60. The summed E-state index contributed by atoms with van der Waals surface area (Å²) in [5.74, 6) is 0.448. The molecule has 2 heterocycles. The molecule has 2 aromatic heterocycles. The minimum atomic E-state index is -4.94. The molecular formula is C28H33Cl2Cu2N4O14P. The molecule has 0 spiro atoms. The molecule has 0 fully saturated rings.